The van der Waals surface area contributed by atoms with Crippen LogP contribution < -0.4 is 5.32 Å². The molecule has 1 aliphatic heterocycles. The van der Waals surface area contributed by atoms with Gasteiger partial charge in [-0.1, -0.05) is 13.3 Å². The zero-order valence-electron chi connectivity index (χ0n) is 10.8. The second-order valence-corrected chi connectivity index (χ2v) is 6.93. The molecule has 0 aromatic carbocycles. The lowest BCUT2D eigenvalue weighted by molar-refractivity contribution is 0.601. The Kier molecular flexibility index (Phi) is 3.85. The van der Waals surface area contributed by atoms with Gasteiger partial charge in [0.2, 0.25) is 0 Å². The summed E-state index contributed by atoms with van der Waals surface area (Å²) in [5.41, 5.74) is 0.983. The summed E-state index contributed by atoms with van der Waals surface area (Å²) in [6.07, 6.45) is 2.55. The average molecular weight is 269 g/mol. The lowest BCUT2D eigenvalue weighted by Crippen LogP contribution is -2.10. The molecular weight excluding hydrogens is 250 g/mol. The summed E-state index contributed by atoms with van der Waals surface area (Å²) in [4.78, 5) is 8.90. The molecule has 0 aliphatic carbocycles. The van der Waals surface area contributed by atoms with Gasteiger partial charge in [-0.25, -0.2) is 18.4 Å². The number of sulfone groups is 1. The number of anilines is 1. The molecule has 1 aromatic rings. The summed E-state index contributed by atoms with van der Waals surface area (Å²) < 4.78 is 23.0. The predicted octanol–water partition coefficient (Wildman–Crippen LogP) is 1.37. The van der Waals surface area contributed by atoms with Gasteiger partial charge in [0.05, 0.1) is 11.5 Å². The Balaban J connectivity index is 2.29. The Bertz CT molecular complexity index is 528. The summed E-state index contributed by atoms with van der Waals surface area (Å²) in [7, 11) is -1.08. The van der Waals surface area contributed by atoms with Crippen LogP contribution >= 0.6 is 0 Å². The van der Waals surface area contributed by atoms with Crippen LogP contribution in [0.5, 0.6) is 0 Å². The molecule has 0 saturated carbocycles. The fourth-order valence-electron chi connectivity index (χ4n) is 2.21. The monoisotopic (exact) mass is 269 g/mol. The van der Waals surface area contributed by atoms with Gasteiger partial charge in [0.15, 0.2) is 9.84 Å². The Morgan fingerprint density at radius 3 is 2.78 bits per heavy atom. The fourth-order valence-corrected chi connectivity index (χ4v) is 3.95. The van der Waals surface area contributed by atoms with E-state index in [1.165, 1.54) is 0 Å². The van der Waals surface area contributed by atoms with Crippen molar-refractivity contribution < 1.29 is 8.42 Å². The molecule has 0 bridgehead atoms. The van der Waals surface area contributed by atoms with E-state index in [2.05, 4.69) is 22.2 Å². The van der Waals surface area contributed by atoms with E-state index in [0.717, 1.165) is 24.4 Å². The first-order valence-electron chi connectivity index (χ1n) is 6.30. The first-order valence-corrected chi connectivity index (χ1v) is 8.12. The molecule has 1 N–H and O–H groups in total. The van der Waals surface area contributed by atoms with Crippen LogP contribution in [-0.4, -0.2) is 36.9 Å². The molecule has 18 heavy (non-hydrogen) atoms. The van der Waals surface area contributed by atoms with Crippen molar-refractivity contribution in [2.45, 2.75) is 32.1 Å². The number of aryl methyl sites for hydroxylation is 1. The van der Waals surface area contributed by atoms with Crippen LogP contribution in [0, 0.1) is 0 Å². The first kappa shape index (κ1) is 13.3. The van der Waals surface area contributed by atoms with Crippen molar-refractivity contribution in [1.29, 1.82) is 0 Å². The highest BCUT2D eigenvalue weighted by Gasteiger charge is 2.31. The van der Waals surface area contributed by atoms with Crippen LogP contribution in [-0.2, 0) is 16.3 Å². The van der Waals surface area contributed by atoms with Crippen LogP contribution in [0.15, 0.2) is 6.07 Å². The lowest BCUT2D eigenvalue weighted by Gasteiger charge is -2.10. The summed E-state index contributed by atoms with van der Waals surface area (Å²) in [6.45, 7) is 2.10. The molecule has 2 rings (SSSR count). The Labute approximate surface area is 108 Å². The summed E-state index contributed by atoms with van der Waals surface area (Å²) in [6, 6.07) is 1.93. The molecule has 6 heteroatoms. The van der Waals surface area contributed by atoms with Gasteiger partial charge in [0.25, 0.3) is 0 Å². The smallest absolute Gasteiger partial charge is 0.151 e. The molecule has 1 fully saturated rings. The topological polar surface area (TPSA) is 72.0 Å². The standard InChI is InChI=1S/C12H19N3O2S/c1-3-4-10-7-11(13-2)15-12(14-10)9-5-6-18(16,17)8-9/h7,9H,3-6,8H2,1-2H3,(H,13,14,15). The largest absolute Gasteiger partial charge is 0.373 e. The van der Waals surface area contributed by atoms with E-state index < -0.39 is 9.84 Å². The third kappa shape index (κ3) is 2.98. The van der Waals surface area contributed by atoms with Gasteiger partial charge in [0, 0.05) is 24.7 Å². The fraction of sp³-hybridized carbons (Fsp3) is 0.667. The van der Waals surface area contributed by atoms with E-state index >= 15 is 0 Å². The number of aromatic nitrogens is 2. The third-order valence-corrected chi connectivity index (χ3v) is 4.92. The van der Waals surface area contributed by atoms with E-state index in [4.69, 9.17) is 0 Å². The van der Waals surface area contributed by atoms with Crippen molar-refractivity contribution in [2.24, 2.45) is 0 Å². The Hall–Kier alpha value is -1.17. The van der Waals surface area contributed by atoms with Gasteiger partial charge in [-0.3, -0.25) is 0 Å². The van der Waals surface area contributed by atoms with Gasteiger partial charge in [-0.15, -0.1) is 0 Å². The average Bonchev–Trinajstić information content (AvgIpc) is 2.70. The minimum Gasteiger partial charge on any atom is -0.373 e. The first-order chi connectivity index (χ1) is 8.54. The normalized spacial score (nSPS) is 22.0. The number of nitrogens with one attached hydrogen (secondary N) is 1. The molecule has 5 nitrogen and oxygen atoms in total. The van der Waals surface area contributed by atoms with Crippen LogP contribution in [0.1, 0.15) is 37.2 Å². The molecule has 0 radical (unpaired) electrons. The molecule has 1 unspecified atom stereocenters. The van der Waals surface area contributed by atoms with Crippen molar-refractivity contribution in [1.82, 2.24) is 9.97 Å². The van der Waals surface area contributed by atoms with Gasteiger partial charge in [-0.2, -0.15) is 0 Å². The molecule has 2 heterocycles. The van der Waals surface area contributed by atoms with E-state index in [1.807, 2.05) is 13.1 Å². The molecule has 1 aliphatic rings. The zero-order chi connectivity index (χ0) is 13.2. The van der Waals surface area contributed by atoms with Crippen LogP contribution in [0.2, 0.25) is 0 Å². The van der Waals surface area contributed by atoms with Crippen LogP contribution in [0.4, 0.5) is 5.82 Å². The SMILES string of the molecule is CCCc1cc(NC)nc(C2CCS(=O)(=O)C2)n1. The number of hydrogen-bond acceptors (Lipinski definition) is 5. The van der Waals surface area contributed by atoms with Crippen LogP contribution in [0.3, 0.4) is 0 Å². The molecule has 100 valence electrons. The number of nitrogens with zero attached hydrogens (tertiary/aromatic N) is 2. The van der Waals surface area contributed by atoms with E-state index in [1.54, 1.807) is 0 Å². The summed E-state index contributed by atoms with van der Waals surface area (Å²) in [5.74, 6) is 1.85. The Morgan fingerprint density at radius 1 is 1.44 bits per heavy atom. The van der Waals surface area contributed by atoms with Crippen molar-refractivity contribution in [3.8, 4) is 0 Å². The van der Waals surface area contributed by atoms with Crippen molar-refractivity contribution in [3.05, 3.63) is 17.6 Å². The molecule has 1 aromatic heterocycles. The minimum absolute atomic E-state index is 0.0427. The number of rotatable bonds is 4. The molecule has 1 atom stereocenters. The highest BCUT2D eigenvalue weighted by atomic mass is 32.2. The van der Waals surface area contributed by atoms with Crippen molar-refractivity contribution in [2.75, 3.05) is 23.9 Å². The lowest BCUT2D eigenvalue weighted by atomic mass is 10.1. The van der Waals surface area contributed by atoms with Crippen LogP contribution in [0.25, 0.3) is 0 Å². The Morgan fingerprint density at radius 2 is 2.22 bits per heavy atom. The maximum Gasteiger partial charge on any atom is 0.151 e. The van der Waals surface area contributed by atoms with E-state index in [0.29, 0.717) is 12.2 Å². The van der Waals surface area contributed by atoms with Gasteiger partial charge >= 0.3 is 0 Å². The summed E-state index contributed by atoms with van der Waals surface area (Å²) >= 11 is 0. The van der Waals surface area contributed by atoms with E-state index in [-0.39, 0.29) is 17.4 Å². The van der Waals surface area contributed by atoms with Crippen molar-refractivity contribution in [3.63, 3.8) is 0 Å². The van der Waals surface area contributed by atoms with Gasteiger partial charge in [-0.05, 0) is 12.8 Å². The molecule has 0 spiro atoms. The quantitative estimate of drug-likeness (QED) is 0.894. The predicted molar refractivity (Wildman–Crippen MR) is 71.6 cm³/mol. The highest BCUT2D eigenvalue weighted by molar-refractivity contribution is 7.91. The second-order valence-electron chi connectivity index (χ2n) is 4.70. The minimum atomic E-state index is -2.89. The third-order valence-electron chi connectivity index (χ3n) is 3.16. The molecule has 0 amide bonds. The second kappa shape index (κ2) is 5.22. The van der Waals surface area contributed by atoms with Gasteiger partial charge in [0.1, 0.15) is 11.6 Å². The van der Waals surface area contributed by atoms with Crippen molar-refractivity contribution >= 4 is 15.7 Å². The van der Waals surface area contributed by atoms with Gasteiger partial charge < -0.3 is 5.32 Å². The maximum atomic E-state index is 11.5. The summed E-state index contributed by atoms with van der Waals surface area (Å²) in [5, 5.41) is 3.01. The highest BCUT2D eigenvalue weighted by Crippen LogP contribution is 2.27. The molecule has 1 saturated heterocycles. The zero-order valence-corrected chi connectivity index (χ0v) is 11.6. The number of hydrogen-bond donors (Lipinski definition) is 1. The van der Waals surface area contributed by atoms with E-state index in [9.17, 15) is 8.42 Å². The molecular formula is C12H19N3O2S. The maximum absolute atomic E-state index is 11.5.